The number of hydrogen-bond donors (Lipinski definition) is 1. The van der Waals surface area contributed by atoms with Gasteiger partial charge in [0, 0.05) is 38.3 Å². The normalized spacial score (nSPS) is 20.8. The van der Waals surface area contributed by atoms with Crippen molar-refractivity contribution in [1.29, 1.82) is 0 Å². The molecule has 30 heavy (non-hydrogen) atoms. The van der Waals surface area contributed by atoms with Gasteiger partial charge in [-0.1, -0.05) is 37.5 Å². The van der Waals surface area contributed by atoms with Gasteiger partial charge < -0.3 is 15.1 Å². The zero-order chi connectivity index (χ0) is 21.1. The summed E-state index contributed by atoms with van der Waals surface area (Å²) in [6.45, 7) is 5.48. The Bertz CT molecular complexity index is 935. The smallest absolute Gasteiger partial charge is 0.274 e. The minimum atomic E-state index is -0.401. The van der Waals surface area contributed by atoms with E-state index in [1.807, 2.05) is 0 Å². The fourth-order valence-corrected chi connectivity index (χ4v) is 5.54. The summed E-state index contributed by atoms with van der Waals surface area (Å²) in [5, 5.41) is 8.43. The molecule has 0 bridgehead atoms. The summed E-state index contributed by atoms with van der Waals surface area (Å²) in [5.41, 5.74) is -0.139. The van der Waals surface area contributed by atoms with Gasteiger partial charge in [-0.05, 0) is 38.6 Å². The highest BCUT2D eigenvalue weighted by atomic mass is 32.1. The van der Waals surface area contributed by atoms with Crippen LogP contribution in [0.5, 0.6) is 0 Å². The Morgan fingerprint density at radius 3 is 2.83 bits per heavy atom. The first-order chi connectivity index (χ1) is 14.5. The van der Waals surface area contributed by atoms with Crippen molar-refractivity contribution in [2.45, 2.75) is 57.9 Å². The van der Waals surface area contributed by atoms with Crippen molar-refractivity contribution in [3.63, 3.8) is 0 Å². The van der Waals surface area contributed by atoms with Gasteiger partial charge in [-0.3, -0.25) is 9.59 Å². The summed E-state index contributed by atoms with van der Waals surface area (Å²) >= 11 is 1.38. The van der Waals surface area contributed by atoms with Gasteiger partial charge in [0.2, 0.25) is 10.1 Å². The van der Waals surface area contributed by atoms with Crippen LogP contribution in [0.15, 0.2) is 10.9 Å². The zero-order valence-electron chi connectivity index (χ0n) is 18.0. The van der Waals surface area contributed by atoms with E-state index in [4.69, 9.17) is 0 Å². The average molecular weight is 433 g/mol. The Hall–Kier alpha value is -2.00. The lowest BCUT2D eigenvalue weighted by atomic mass is 9.94. The van der Waals surface area contributed by atoms with E-state index in [1.165, 1.54) is 60.4 Å². The van der Waals surface area contributed by atoms with Crippen LogP contribution in [0.3, 0.4) is 0 Å². The minimum absolute atomic E-state index is 0.262. The number of aromatic nitrogens is 3. The highest BCUT2D eigenvalue weighted by Gasteiger charge is 2.23. The first-order valence-corrected chi connectivity index (χ1v) is 12.0. The number of nitrogens with one attached hydrogen (secondary N) is 1. The SMILES string of the molecule is C[C@@H]1CCCN(c2nn3c(C(=O)NCCN(C)C4CCCCC4)cc(=O)nc3s2)C1. The maximum Gasteiger partial charge on any atom is 0.274 e. The molecule has 1 aliphatic heterocycles. The van der Waals surface area contributed by atoms with Gasteiger partial charge in [0.15, 0.2) is 0 Å². The number of hydrogen-bond acceptors (Lipinski definition) is 7. The molecular weight excluding hydrogens is 400 g/mol. The van der Waals surface area contributed by atoms with Gasteiger partial charge in [0.05, 0.1) is 0 Å². The van der Waals surface area contributed by atoms with Crippen molar-refractivity contribution in [2.24, 2.45) is 5.92 Å². The third-order valence-electron chi connectivity index (χ3n) is 6.35. The van der Waals surface area contributed by atoms with Crippen LogP contribution < -0.4 is 15.8 Å². The van der Waals surface area contributed by atoms with Crippen molar-refractivity contribution in [2.75, 3.05) is 38.1 Å². The number of piperidine rings is 1. The van der Waals surface area contributed by atoms with E-state index in [9.17, 15) is 9.59 Å². The monoisotopic (exact) mass is 432 g/mol. The zero-order valence-corrected chi connectivity index (χ0v) is 18.8. The van der Waals surface area contributed by atoms with E-state index in [1.54, 1.807) is 0 Å². The largest absolute Gasteiger partial charge is 0.349 e. The van der Waals surface area contributed by atoms with Gasteiger partial charge in [0.1, 0.15) is 5.69 Å². The Morgan fingerprint density at radius 2 is 2.07 bits per heavy atom. The van der Waals surface area contributed by atoms with E-state index in [0.29, 0.717) is 23.5 Å². The molecule has 9 heteroatoms. The second-order valence-corrected chi connectivity index (χ2v) is 9.71. The molecule has 4 rings (SSSR count). The summed E-state index contributed by atoms with van der Waals surface area (Å²) in [5.74, 6) is 0.341. The molecule has 3 heterocycles. The molecule has 1 atom stereocenters. The molecule has 1 amide bonds. The fraction of sp³-hybridized carbons (Fsp3) is 0.714. The molecule has 0 radical (unpaired) electrons. The van der Waals surface area contributed by atoms with Gasteiger partial charge in [-0.15, -0.1) is 5.10 Å². The number of anilines is 1. The lowest BCUT2D eigenvalue weighted by Crippen LogP contribution is -2.40. The lowest BCUT2D eigenvalue weighted by molar-refractivity contribution is 0.0937. The number of carbonyl (C=O) groups is 1. The highest BCUT2D eigenvalue weighted by molar-refractivity contribution is 7.20. The summed E-state index contributed by atoms with van der Waals surface area (Å²) in [6.07, 6.45) is 8.75. The Labute approximate surface area is 181 Å². The summed E-state index contributed by atoms with van der Waals surface area (Å²) < 4.78 is 1.53. The van der Waals surface area contributed by atoms with Crippen molar-refractivity contribution in [3.8, 4) is 0 Å². The van der Waals surface area contributed by atoms with Crippen molar-refractivity contribution < 1.29 is 4.79 Å². The van der Waals surface area contributed by atoms with Crippen molar-refractivity contribution >= 4 is 27.3 Å². The highest BCUT2D eigenvalue weighted by Crippen LogP contribution is 2.27. The third-order valence-corrected chi connectivity index (χ3v) is 7.32. The third kappa shape index (κ3) is 4.83. The Balaban J connectivity index is 1.44. The van der Waals surface area contributed by atoms with E-state index < -0.39 is 5.56 Å². The van der Waals surface area contributed by atoms with Gasteiger partial charge in [-0.25, -0.2) is 0 Å². The Kier molecular flexibility index (Phi) is 6.67. The molecule has 1 aliphatic carbocycles. The molecule has 0 aromatic carbocycles. The van der Waals surface area contributed by atoms with Crippen LogP contribution in [0.1, 0.15) is 62.4 Å². The van der Waals surface area contributed by atoms with Crippen molar-refractivity contribution in [1.82, 2.24) is 24.8 Å². The minimum Gasteiger partial charge on any atom is -0.349 e. The van der Waals surface area contributed by atoms with Crippen LogP contribution in [0.2, 0.25) is 0 Å². The second-order valence-electron chi connectivity index (χ2n) is 8.78. The molecule has 0 unspecified atom stereocenters. The standard InChI is InChI=1S/C21H32N6O2S/c1-15-7-6-11-26(14-15)21-24-27-17(13-18(28)23-20(27)30-21)19(29)22-10-12-25(2)16-8-4-3-5-9-16/h13,15-16H,3-12,14H2,1-2H3,(H,22,29)/t15-/m1/s1. The van der Waals surface area contributed by atoms with Gasteiger partial charge >= 0.3 is 0 Å². The Morgan fingerprint density at radius 1 is 1.27 bits per heavy atom. The molecule has 1 saturated carbocycles. The maximum atomic E-state index is 12.8. The first kappa shape index (κ1) is 21.2. The molecule has 164 valence electrons. The van der Waals surface area contributed by atoms with Gasteiger partial charge in [-0.2, -0.15) is 9.50 Å². The maximum absolute atomic E-state index is 12.8. The molecule has 2 aromatic heterocycles. The lowest BCUT2D eigenvalue weighted by Gasteiger charge is -2.31. The number of nitrogens with zero attached hydrogens (tertiary/aromatic N) is 5. The van der Waals surface area contributed by atoms with Crippen LogP contribution in [0, 0.1) is 5.92 Å². The summed E-state index contributed by atoms with van der Waals surface area (Å²) in [4.78, 5) is 34.0. The van der Waals surface area contributed by atoms with E-state index in [-0.39, 0.29) is 11.6 Å². The first-order valence-electron chi connectivity index (χ1n) is 11.2. The molecule has 2 fully saturated rings. The average Bonchev–Trinajstić information content (AvgIpc) is 3.17. The quantitative estimate of drug-likeness (QED) is 0.755. The van der Waals surface area contributed by atoms with Crippen LogP contribution in [0.4, 0.5) is 5.13 Å². The number of fused-ring (bicyclic) bond motifs is 1. The van der Waals surface area contributed by atoms with E-state index >= 15 is 0 Å². The summed E-state index contributed by atoms with van der Waals surface area (Å²) in [7, 11) is 2.13. The van der Waals surface area contributed by atoms with E-state index in [0.717, 1.165) is 31.2 Å². The van der Waals surface area contributed by atoms with Crippen molar-refractivity contribution in [3.05, 3.63) is 22.1 Å². The molecule has 2 aliphatic rings. The number of likely N-dealkylation sites (N-methyl/N-ethyl adjacent to an activating group) is 1. The molecule has 1 saturated heterocycles. The molecule has 8 nitrogen and oxygen atoms in total. The number of rotatable bonds is 6. The fourth-order valence-electron chi connectivity index (χ4n) is 4.60. The second kappa shape index (κ2) is 9.43. The molecule has 0 spiro atoms. The molecule has 1 N–H and O–H groups in total. The predicted octanol–water partition coefficient (Wildman–Crippen LogP) is 2.38. The topological polar surface area (TPSA) is 82.8 Å². The van der Waals surface area contributed by atoms with Crippen LogP contribution in [0.25, 0.3) is 4.96 Å². The van der Waals surface area contributed by atoms with Crippen LogP contribution in [-0.2, 0) is 0 Å². The van der Waals surface area contributed by atoms with Gasteiger partial charge in [0.25, 0.3) is 11.5 Å². The van der Waals surface area contributed by atoms with E-state index in [2.05, 4.69) is 39.2 Å². The number of amides is 1. The van der Waals surface area contributed by atoms with Crippen LogP contribution >= 0.6 is 11.3 Å². The molecular formula is C21H32N6O2S. The molecule has 2 aromatic rings. The van der Waals surface area contributed by atoms with Crippen LogP contribution in [-0.4, -0.2) is 64.7 Å². The number of carbonyl (C=O) groups excluding carboxylic acids is 1. The predicted molar refractivity (Wildman–Crippen MR) is 120 cm³/mol. The summed E-state index contributed by atoms with van der Waals surface area (Å²) in [6, 6.07) is 1.90.